The molecule has 1 aliphatic rings. The molecule has 0 spiro atoms. The Kier molecular flexibility index (Phi) is 4.11. The van der Waals surface area contributed by atoms with Gasteiger partial charge in [-0.05, 0) is 36.4 Å². The number of benzene rings is 3. The van der Waals surface area contributed by atoms with Crippen LogP contribution in [0.15, 0.2) is 72.8 Å². The molecule has 1 fully saturated rings. The highest BCUT2D eigenvalue weighted by Gasteiger charge is 2.49. The van der Waals surface area contributed by atoms with Gasteiger partial charge in [0, 0.05) is 11.1 Å². The average molecular weight is 369 g/mol. The molecule has 136 valence electrons. The number of hydrogen-bond donors (Lipinski definition) is 0. The summed E-state index contributed by atoms with van der Waals surface area (Å²) in [6.07, 6.45) is -0.742. The zero-order valence-electron chi connectivity index (χ0n) is 14.0. The number of halogens is 3. The quantitative estimate of drug-likeness (QED) is 0.650. The van der Waals surface area contributed by atoms with E-state index in [2.05, 4.69) is 0 Å². The highest BCUT2D eigenvalue weighted by atomic mass is 19.1. The van der Waals surface area contributed by atoms with E-state index in [4.69, 9.17) is 4.74 Å². The first kappa shape index (κ1) is 17.1. The fraction of sp³-hybridized carbons (Fsp3) is 0.0952. The number of cyclic esters (lactones) is 1. The van der Waals surface area contributed by atoms with Crippen LogP contribution < -0.4 is 4.90 Å². The number of para-hydroxylation sites is 1. The molecule has 6 heteroatoms. The number of ether oxygens (including phenoxy) is 1. The lowest BCUT2D eigenvalue weighted by Gasteiger charge is -2.28. The first-order valence-corrected chi connectivity index (χ1v) is 8.27. The molecule has 0 radical (unpaired) electrons. The summed E-state index contributed by atoms with van der Waals surface area (Å²) in [5, 5.41) is 0. The van der Waals surface area contributed by atoms with Crippen molar-refractivity contribution in [3.8, 4) is 0 Å². The highest BCUT2D eigenvalue weighted by molar-refractivity contribution is 5.91. The molecule has 0 saturated carbocycles. The van der Waals surface area contributed by atoms with Crippen LogP contribution in [-0.2, 0) is 10.3 Å². The predicted molar refractivity (Wildman–Crippen MR) is 93.8 cm³/mol. The average Bonchev–Trinajstić information content (AvgIpc) is 3.01. The van der Waals surface area contributed by atoms with Gasteiger partial charge in [-0.15, -0.1) is 0 Å². The molecule has 0 atom stereocenters. The molecule has 1 aliphatic heterocycles. The Labute approximate surface area is 153 Å². The highest BCUT2D eigenvalue weighted by Crippen LogP contribution is 2.41. The fourth-order valence-corrected chi connectivity index (χ4v) is 3.28. The van der Waals surface area contributed by atoms with Gasteiger partial charge in [0.25, 0.3) is 0 Å². The van der Waals surface area contributed by atoms with Crippen LogP contribution in [0.2, 0.25) is 0 Å². The van der Waals surface area contributed by atoms with Crippen LogP contribution in [0.25, 0.3) is 0 Å². The van der Waals surface area contributed by atoms with Crippen molar-refractivity contribution >= 4 is 11.8 Å². The van der Waals surface area contributed by atoms with Crippen molar-refractivity contribution in [1.82, 2.24) is 0 Å². The molecule has 1 saturated heterocycles. The second-order valence-corrected chi connectivity index (χ2v) is 6.25. The summed E-state index contributed by atoms with van der Waals surface area (Å²) < 4.78 is 46.7. The largest absolute Gasteiger partial charge is 0.431 e. The van der Waals surface area contributed by atoms with Crippen molar-refractivity contribution < 1.29 is 22.7 Å². The van der Waals surface area contributed by atoms with Gasteiger partial charge in [0.15, 0.2) is 5.60 Å². The summed E-state index contributed by atoms with van der Waals surface area (Å²) in [4.78, 5) is 13.8. The maximum atomic E-state index is 14.2. The molecule has 0 aliphatic carbocycles. The van der Waals surface area contributed by atoms with E-state index < -0.39 is 29.1 Å². The molecular formula is C21H14F3NO2. The minimum absolute atomic E-state index is 0.0377. The van der Waals surface area contributed by atoms with Crippen molar-refractivity contribution in [1.29, 1.82) is 0 Å². The van der Waals surface area contributed by atoms with Gasteiger partial charge in [0.2, 0.25) is 0 Å². The predicted octanol–water partition coefficient (Wildman–Crippen LogP) is 5.00. The second kappa shape index (κ2) is 6.46. The third-order valence-electron chi connectivity index (χ3n) is 4.63. The minimum atomic E-state index is -1.32. The molecule has 0 aromatic heterocycles. The smallest absolute Gasteiger partial charge is 0.415 e. The lowest BCUT2D eigenvalue weighted by atomic mass is 9.86. The van der Waals surface area contributed by atoms with Gasteiger partial charge in [0.1, 0.15) is 17.5 Å². The van der Waals surface area contributed by atoms with E-state index in [0.717, 1.165) is 0 Å². The van der Waals surface area contributed by atoms with E-state index >= 15 is 0 Å². The van der Waals surface area contributed by atoms with E-state index in [0.29, 0.717) is 11.1 Å². The van der Waals surface area contributed by atoms with Gasteiger partial charge in [-0.1, -0.05) is 36.4 Å². The van der Waals surface area contributed by atoms with Crippen LogP contribution in [0.5, 0.6) is 0 Å². The molecule has 3 aromatic rings. The molecule has 27 heavy (non-hydrogen) atoms. The molecular weight excluding hydrogens is 355 g/mol. The molecule has 0 unspecified atom stereocenters. The van der Waals surface area contributed by atoms with Crippen LogP contribution in [0, 0.1) is 17.5 Å². The number of carbonyl (C=O) groups excluding carboxylic acids is 1. The van der Waals surface area contributed by atoms with Gasteiger partial charge in [-0.25, -0.2) is 18.0 Å². The summed E-state index contributed by atoms with van der Waals surface area (Å²) in [6.45, 7) is -0.0377. The van der Waals surface area contributed by atoms with Crippen LogP contribution in [0.1, 0.15) is 11.1 Å². The Hall–Kier alpha value is -3.28. The SMILES string of the molecule is O=C1OC(c2ccc(F)cc2)(c2ccc(F)cc2)CN1c1ccccc1F. The van der Waals surface area contributed by atoms with E-state index in [-0.39, 0.29) is 12.2 Å². The van der Waals surface area contributed by atoms with Crippen molar-refractivity contribution in [2.45, 2.75) is 5.60 Å². The van der Waals surface area contributed by atoms with Gasteiger partial charge in [-0.3, -0.25) is 4.90 Å². The number of nitrogens with zero attached hydrogens (tertiary/aromatic N) is 1. The topological polar surface area (TPSA) is 29.5 Å². The maximum absolute atomic E-state index is 14.2. The van der Waals surface area contributed by atoms with Crippen molar-refractivity contribution in [2.75, 3.05) is 11.4 Å². The standard InChI is InChI=1S/C21H14F3NO2/c22-16-9-5-14(6-10-16)21(15-7-11-17(23)12-8-15)13-25(20(26)27-21)19-4-2-1-3-18(19)24/h1-12H,13H2. The third kappa shape index (κ3) is 2.93. The Bertz CT molecular complexity index is 942. The lowest BCUT2D eigenvalue weighted by molar-refractivity contribution is 0.0870. The zero-order valence-corrected chi connectivity index (χ0v) is 14.0. The molecule has 3 nitrogen and oxygen atoms in total. The van der Waals surface area contributed by atoms with E-state index in [1.54, 1.807) is 6.07 Å². The van der Waals surface area contributed by atoms with E-state index in [9.17, 15) is 18.0 Å². The first-order valence-electron chi connectivity index (χ1n) is 8.27. The van der Waals surface area contributed by atoms with Gasteiger partial charge < -0.3 is 4.74 Å². The summed E-state index contributed by atoms with van der Waals surface area (Å²) >= 11 is 0. The Morgan fingerprint density at radius 2 is 1.30 bits per heavy atom. The Balaban J connectivity index is 1.85. The van der Waals surface area contributed by atoms with Crippen LogP contribution in [0.3, 0.4) is 0 Å². The van der Waals surface area contributed by atoms with Gasteiger partial charge in [-0.2, -0.15) is 0 Å². The molecule has 1 amide bonds. The number of hydrogen-bond acceptors (Lipinski definition) is 2. The summed E-state index contributed by atoms with van der Waals surface area (Å²) in [5.74, 6) is -1.45. The monoisotopic (exact) mass is 369 g/mol. The lowest BCUT2D eigenvalue weighted by Crippen LogP contribution is -2.33. The summed E-state index contributed by atoms with van der Waals surface area (Å²) in [5.41, 5.74) is -0.236. The normalized spacial score (nSPS) is 15.7. The minimum Gasteiger partial charge on any atom is -0.431 e. The van der Waals surface area contributed by atoms with Gasteiger partial charge in [0.05, 0.1) is 12.2 Å². The van der Waals surface area contributed by atoms with Crippen molar-refractivity contribution in [2.24, 2.45) is 0 Å². The zero-order chi connectivity index (χ0) is 19.0. The molecule has 4 rings (SSSR count). The Morgan fingerprint density at radius 3 is 1.81 bits per heavy atom. The van der Waals surface area contributed by atoms with Crippen molar-refractivity contribution in [3.05, 3.63) is 101 Å². The van der Waals surface area contributed by atoms with Crippen molar-refractivity contribution in [3.63, 3.8) is 0 Å². The third-order valence-corrected chi connectivity index (χ3v) is 4.63. The van der Waals surface area contributed by atoms with Crippen LogP contribution in [-0.4, -0.2) is 12.6 Å². The van der Waals surface area contributed by atoms with E-state index in [1.165, 1.54) is 71.6 Å². The maximum Gasteiger partial charge on any atom is 0.415 e. The Morgan fingerprint density at radius 1 is 0.778 bits per heavy atom. The molecule has 0 N–H and O–H groups in total. The summed E-state index contributed by atoms with van der Waals surface area (Å²) in [7, 11) is 0. The van der Waals surface area contributed by atoms with Crippen LogP contribution in [0.4, 0.5) is 23.7 Å². The molecule has 3 aromatic carbocycles. The fourth-order valence-electron chi connectivity index (χ4n) is 3.28. The number of amides is 1. The number of anilines is 1. The molecule has 1 heterocycles. The number of rotatable bonds is 3. The molecule has 0 bridgehead atoms. The first-order chi connectivity index (χ1) is 13.0. The summed E-state index contributed by atoms with van der Waals surface area (Å²) in [6, 6.07) is 16.8. The van der Waals surface area contributed by atoms with Gasteiger partial charge >= 0.3 is 6.09 Å². The number of carbonyl (C=O) groups is 1. The van der Waals surface area contributed by atoms with E-state index in [1.807, 2.05) is 0 Å². The van der Waals surface area contributed by atoms with Crippen LogP contribution >= 0.6 is 0 Å². The second-order valence-electron chi connectivity index (χ2n) is 6.25.